The van der Waals surface area contributed by atoms with Crippen LogP contribution >= 0.6 is 11.8 Å². The van der Waals surface area contributed by atoms with Gasteiger partial charge in [-0.05, 0) is 18.7 Å². The molecule has 0 spiro atoms. The number of aromatic nitrogens is 1. The van der Waals surface area contributed by atoms with Crippen molar-refractivity contribution in [2.24, 2.45) is 5.84 Å². The highest BCUT2D eigenvalue weighted by atomic mass is 32.2. The summed E-state index contributed by atoms with van der Waals surface area (Å²) in [6.07, 6.45) is 6.03. The first-order valence-corrected chi connectivity index (χ1v) is 6.82. The standard InChI is InChI=1S/C11H18N4OS/c1-3-8(7-17-2)14-11(16)9-4-5-13-6-10(9)15-12/h4-6,8,15H,3,7,12H2,1-2H3,(H,14,16). The first-order chi connectivity index (χ1) is 8.22. The van der Waals surface area contributed by atoms with Crippen LogP contribution in [0.4, 0.5) is 5.69 Å². The molecule has 0 aliphatic carbocycles. The third-order valence-corrected chi connectivity index (χ3v) is 3.15. The Labute approximate surface area is 106 Å². The first kappa shape index (κ1) is 13.8. The Balaban J connectivity index is 2.75. The minimum absolute atomic E-state index is 0.124. The van der Waals surface area contributed by atoms with Gasteiger partial charge in [0, 0.05) is 18.0 Å². The van der Waals surface area contributed by atoms with E-state index < -0.39 is 0 Å². The molecule has 1 aromatic rings. The van der Waals surface area contributed by atoms with Gasteiger partial charge in [-0.1, -0.05) is 6.92 Å². The largest absolute Gasteiger partial charge is 0.348 e. The molecule has 94 valence electrons. The molecule has 1 atom stereocenters. The highest BCUT2D eigenvalue weighted by Crippen LogP contribution is 2.12. The number of hydrogen-bond acceptors (Lipinski definition) is 5. The van der Waals surface area contributed by atoms with E-state index in [2.05, 4.69) is 22.7 Å². The third kappa shape index (κ3) is 3.90. The van der Waals surface area contributed by atoms with Crippen LogP contribution < -0.4 is 16.6 Å². The molecule has 1 rings (SSSR count). The second-order valence-electron chi connectivity index (χ2n) is 3.60. The molecule has 0 saturated heterocycles. The van der Waals surface area contributed by atoms with Crippen molar-refractivity contribution in [1.82, 2.24) is 10.3 Å². The number of nitrogens with one attached hydrogen (secondary N) is 2. The number of rotatable bonds is 6. The minimum atomic E-state index is -0.124. The zero-order chi connectivity index (χ0) is 12.7. The fourth-order valence-electron chi connectivity index (χ4n) is 1.43. The number of carbonyl (C=O) groups is 1. The molecule has 0 bridgehead atoms. The van der Waals surface area contributed by atoms with Crippen LogP contribution in [0.5, 0.6) is 0 Å². The van der Waals surface area contributed by atoms with E-state index in [4.69, 9.17) is 5.84 Å². The summed E-state index contributed by atoms with van der Waals surface area (Å²) in [5.41, 5.74) is 3.52. The van der Waals surface area contributed by atoms with Gasteiger partial charge in [0.05, 0.1) is 17.4 Å². The number of anilines is 1. The summed E-state index contributed by atoms with van der Waals surface area (Å²) in [5.74, 6) is 6.11. The average Bonchev–Trinajstić information content (AvgIpc) is 2.38. The number of hydrogen-bond donors (Lipinski definition) is 3. The van der Waals surface area contributed by atoms with Crippen LogP contribution in [0.2, 0.25) is 0 Å². The molecule has 17 heavy (non-hydrogen) atoms. The number of nitrogen functional groups attached to an aromatic ring is 1. The van der Waals surface area contributed by atoms with Gasteiger partial charge in [-0.25, -0.2) is 0 Å². The highest BCUT2D eigenvalue weighted by molar-refractivity contribution is 7.98. The maximum absolute atomic E-state index is 12.0. The van der Waals surface area contributed by atoms with Gasteiger partial charge in [0.25, 0.3) is 5.91 Å². The number of nitrogens with zero attached hydrogens (tertiary/aromatic N) is 1. The van der Waals surface area contributed by atoms with Gasteiger partial charge in [-0.2, -0.15) is 11.8 Å². The minimum Gasteiger partial charge on any atom is -0.348 e. The van der Waals surface area contributed by atoms with Crippen LogP contribution in [0.15, 0.2) is 18.5 Å². The Kier molecular flexibility index (Phi) is 5.79. The van der Waals surface area contributed by atoms with E-state index in [0.29, 0.717) is 11.3 Å². The van der Waals surface area contributed by atoms with Gasteiger partial charge in [0.2, 0.25) is 0 Å². The zero-order valence-electron chi connectivity index (χ0n) is 10.1. The molecule has 0 saturated carbocycles. The van der Waals surface area contributed by atoms with Gasteiger partial charge in [-0.15, -0.1) is 0 Å². The maximum Gasteiger partial charge on any atom is 0.253 e. The highest BCUT2D eigenvalue weighted by Gasteiger charge is 2.14. The molecule has 4 N–H and O–H groups in total. The Morgan fingerprint density at radius 1 is 1.65 bits per heavy atom. The van der Waals surface area contributed by atoms with Gasteiger partial charge in [0.15, 0.2) is 0 Å². The quantitative estimate of drug-likeness (QED) is 0.526. The lowest BCUT2D eigenvalue weighted by Gasteiger charge is -2.16. The topological polar surface area (TPSA) is 80.0 Å². The molecule has 0 fully saturated rings. The van der Waals surface area contributed by atoms with E-state index in [1.807, 2.05) is 6.26 Å². The monoisotopic (exact) mass is 254 g/mol. The molecule has 5 nitrogen and oxygen atoms in total. The Bertz CT molecular complexity index is 372. The summed E-state index contributed by atoms with van der Waals surface area (Å²) in [4.78, 5) is 15.9. The van der Waals surface area contributed by atoms with E-state index >= 15 is 0 Å². The van der Waals surface area contributed by atoms with Gasteiger partial charge >= 0.3 is 0 Å². The number of pyridine rings is 1. The molecule has 0 aliphatic heterocycles. The summed E-state index contributed by atoms with van der Waals surface area (Å²) in [7, 11) is 0. The predicted octanol–water partition coefficient (Wildman–Crippen LogP) is 1.24. The van der Waals surface area contributed by atoms with Crippen molar-refractivity contribution in [3.8, 4) is 0 Å². The maximum atomic E-state index is 12.0. The lowest BCUT2D eigenvalue weighted by molar-refractivity contribution is 0.0940. The number of nitrogens with two attached hydrogens (primary N) is 1. The van der Waals surface area contributed by atoms with Gasteiger partial charge < -0.3 is 10.7 Å². The summed E-state index contributed by atoms with van der Waals surface area (Å²) in [5, 5.41) is 2.98. The molecule has 1 aromatic heterocycles. The predicted molar refractivity (Wildman–Crippen MR) is 72.0 cm³/mol. The Morgan fingerprint density at radius 2 is 2.41 bits per heavy atom. The number of amides is 1. The molecule has 0 aromatic carbocycles. The van der Waals surface area contributed by atoms with Crippen LogP contribution in [0.25, 0.3) is 0 Å². The van der Waals surface area contributed by atoms with E-state index in [-0.39, 0.29) is 11.9 Å². The first-order valence-electron chi connectivity index (χ1n) is 5.43. The second-order valence-corrected chi connectivity index (χ2v) is 4.51. The van der Waals surface area contributed by atoms with E-state index in [1.165, 1.54) is 6.20 Å². The Hall–Kier alpha value is -1.27. The molecular weight excluding hydrogens is 236 g/mol. The number of hydrazine groups is 1. The summed E-state index contributed by atoms with van der Waals surface area (Å²) in [6, 6.07) is 1.83. The van der Waals surface area contributed by atoms with Crippen LogP contribution in [0.1, 0.15) is 23.7 Å². The van der Waals surface area contributed by atoms with Crippen molar-refractivity contribution >= 4 is 23.4 Å². The van der Waals surface area contributed by atoms with E-state index in [0.717, 1.165) is 12.2 Å². The second kappa shape index (κ2) is 7.13. The number of carbonyl (C=O) groups excluding carboxylic acids is 1. The fraction of sp³-hybridized carbons (Fsp3) is 0.455. The fourth-order valence-corrected chi connectivity index (χ4v) is 2.15. The van der Waals surface area contributed by atoms with Crippen LogP contribution in [0.3, 0.4) is 0 Å². The molecule has 0 aliphatic rings. The average molecular weight is 254 g/mol. The van der Waals surface area contributed by atoms with Crippen LogP contribution in [-0.4, -0.2) is 28.9 Å². The third-order valence-electron chi connectivity index (χ3n) is 2.42. The van der Waals surface area contributed by atoms with Crippen molar-refractivity contribution in [3.05, 3.63) is 24.0 Å². The van der Waals surface area contributed by atoms with Crippen molar-refractivity contribution < 1.29 is 4.79 Å². The SMILES string of the molecule is CCC(CSC)NC(=O)c1ccncc1NN. The molecule has 1 unspecified atom stereocenters. The molecule has 0 radical (unpaired) electrons. The van der Waals surface area contributed by atoms with Gasteiger partial charge in [0.1, 0.15) is 0 Å². The van der Waals surface area contributed by atoms with Crippen LogP contribution in [-0.2, 0) is 0 Å². The van der Waals surface area contributed by atoms with Crippen LogP contribution in [0, 0.1) is 0 Å². The smallest absolute Gasteiger partial charge is 0.253 e. The van der Waals surface area contributed by atoms with Crippen molar-refractivity contribution in [2.45, 2.75) is 19.4 Å². The lowest BCUT2D eigenvalue weighted by atomic mass is 10.2. The number of thioether (sulfide) groups is 1. The van der Waals surface area contributed by atoms with Gasteiger partial charge in [-0.3, -0.25) is 15.6 Å². The summed E-state index contributed by atoms with van der Waals surface area (Å²) in [6.45, 7) is 2.05. The van der Waals surface area contributed by atoms with E-state index in [1.54, 1.807) is 24.0 Å². The molecule has 1 amide bonds. The zero-order valence-corrected chi connectivity index (χ0v) is 10.9. The van der Waals surface area contributed by atoms with E-state index in [9.17, 15) is 4.79 Å². The van der Waals surface area contributed by atoms with Crippen molar-refractivity contribution in [1.29, 1.82) is 0 Å². The normalized spacial score (nSPS) is 11.9. The van der Waals surface area contributed by atoms with Crippen molar-refractivity contribution in [3.63, 3.8) is 0 Å². The van der Waals surface area contributed by atoms with Crippen molar-refractivity contribution in [2.75, 3.05) is 17.4 Å². The summed E-state index contributed by atoms with van der Waals surface area (Å²) < 4.78 is 0. The molecule has 6 heteroatoms. The Morgan fingerprint density at radius 3 is 3.00 bits per heavy atom. The molecular formula is C11H18N4OS. The lowest BCUT2D eigenvalue weighted by Crippen LogP contribution is -2.36. The summed E-state index contributed by atoms with van der Waals surface area (Å²) >= 11 is 1.71. The molecule has 1 heterocycles.